The SMILES string of the molecule is CN(C)c1ccc(-c2ccc(/C=C3\SC(=O)NC3=O)s2)s1. The molecule has 2 aromatic rings. The fourth-order valence-corrected chi connectivity index (χ4v) is 4.53. The van der Waals surface area contributed by atoms with Crippen LogP contribution in [0.4, 0.5) is 9.80 Å². The Balaban J connectivity index is 1.84. The smallest absolute Gasteiger partial charge is 0.290 e. The maximum Gasteiger partial charge on any atom is 0.290 e. The predicted molar refractivity (Wildman–Crippen MR) is 91.1 cm³/mol. The van der Waals surface area contributed by atoms with Crippen LogP contribution in [0.2, 0.25) is 0 Å². The van der Waals surface area contributed by atoms with Gasteiger partial charge in [0.2, 0.25) is 0 Å². The molecule has 1 fully saturated rings. The van der Waals surface area contributed by atoms with E-state index in [-0.39, 0.29) is 11.1 Å². The first kappa shape index (κ1) is 14.4. The van der Waals surface area contributed by atoms with Crippen LogP contribution in [0.3, 0.4) is 0 Å². The van der Waals surface area contributed by atoms with Crippen molar-refractivity contribution in [3.05, 3.63) is 34.0 Å². The van der Waals surface area contributed by atoms with Crippen molar-refractivity contribution in [2.75, 3.05) is 19.0 Å². The summed E-state index contributed by atoms with van der Waals surface area (Å²) >= 11 is 4.29. The van der Waals surface area contributed by atoms with Crippen molar-refractivity contribution in [1.82, 2.24) is 5.32 Å². The molecule has 1 aliphatic rings. The largest absolute Gasteiger partial charge is 0.370 e. The average Bonchev–Trinajstić information content (AvgIpc) is 3.10. The van der Waals surface area contributed by atoms with Crippen molar-refractivity contribution in [2.24, 2.45) is 0 Å². The Kier molecular flexibility index (Phi) is 3.88. The fourth-order valence-electron chi connectivity index (χ4n) is 1.81. The molecule has 4 nitrogen and oxygen atoms in total. The van der Waals surface area contributed by atoms with Gasteiger partial charge in [-0.2, -0.15) is 0 Å². The van der Waals surface area contributed by atoms with Crippen molar-refractivity contribution in [3.8, 4) is 9.75 Å². The summed E-state index contributed by atoms with van der Waals surface area (Å²) in [4.78, 5) is 28.5. The molecular formula is C14H12N2O2S3. The van der Waals surface area contributed by atoms with Gasteiger partial charge in [-0.25, -0.2) is 0 Å². The number of amides is 2. The van der Waals surface area contributed by atoms with Crippen LogP contribution in [0.25, 0.3) is 15.8 Å². The van der Waals surface area contributed by atoms with Crippen molar-refractivity contribution in [3.63, 3.8) is 0 Å². The Morgan fingerprint density at radius 3 is 2.38 bits per heavy atom. The molecule has 0 saturated carbocycles. The number of nitrogens with zero attached hydrogens (tertiary/aromatic N) is 1. The predicted octanol–water partition coefficient (Wildman–Crippen LogP) is 3.87. The topological polar surface area (TPSA) is 49.4 Å². The summed E-state index contributed by atoms with van der Waals surface area (Å²) in [6.45, 7) is 0. The van der Waals surface area contributed by atoms with Crippen LogP contribution in [0.15, 0.2) is 29.2 Å². The van der Waals surface area contributed by atoms with E-state index in [2.05, 4.69) is 22.3 Å². The first-order valence-electron chi connectivity index (χ1n) is 6.15. The van der Waals surface area contributed by atoms with E-state index >= 15 is 0 Å². The summed E-state index contributed by atoms with van der Waals surface area (Å²) in [6.07, 6.45) is 1.76. The lowest BCUT2D eigenvalue weighted by molar-refractivity contribution is -0.115. The van der Waals surface area contributed by atoms with Gasteiger partial charge >= 0.3 is 0 Å². The number of rotatable bonds is 3. The molecule has 0 atom stereocenters. The van der Waals surface area contributed by atoms with E-state index in [1.54, 1.807) is 28.7 Å². The second kappa shape index (κ2) is 5.67. The number of carbonyl (C=O) groups excluding carboxylic acids is 2. The Bertz CT molecular complexity index is 743. The molecule has 0 aliphatic carbocycles. The minimum Gasteiger partial charge on any atom is -0.370 e. The number of thiophene rings is 2. The Hall–Kier alpha value is -1.57. The van der Waals surface area contributed by atoms with Gasteiger partial charge in [0.05, 0.1) is 9.91 Å². The van der Waals surface area contributed by atoms with E-state index in [9.17, 15) is 9.59 Å². The Morgan fingerprint density at radius 2 is 1.76 bits per heavy atom. The van der Waals surface area contributed by atoms with E-state index in [1.165, 1.54) is 9.88 Å². The summed E-state index contributed by atoms with van der Waals surface area (Å²) in [5.41, 5.74) is 0. The minimum atomic E-state index is -0.314. The average molecular weight is 336 g/mol. The molecular weight excluding hydrogens is 324 g/mol. The lowest BCUT2D eigenvalue weighted by Gasteiger charge is -2.06. The molecule has 0 radical (unpaired) electrons. The highest BCUT2D eigenvalue weighted by Gasteiger charge is 2.25. The number of thioether (sulfide) groups is 1. The Morgan fingerprint density at radius 1 is 1.05 bits per heavy atom. The van der Waals surface area contributed by atoms with E-state index in [0.29, 0.717) is 4.91 Å². The highest BCUT2D eigenvalue weighted by molar-refractivity contribution is 8.18. The molecule has 0 unspecified atom stereocenters. The van der Waals surface area contributed by atoms with E-state index in [1.807, 2.05) is 26.2 Å². The second-order valence-electron chi connectivity index (χ2n) is 4.59. The van der Waals surface area contributed by atoms with Gasteiger partial charge in [0.1, 0.15) is 0 Å². The van der Waals surface area contributed by atoms with Gasteiger partial charge in [-0.1, -0.05) is 0 Å². The molecule has 108 valence electrons. The molecule has 1 aliphatic heterocycles. The third kappa shape index (κ3) is 3.04. The number of carbonyl (C=O) groups is 2. The van der Waals surface area contributed by atoms with Crippen LogP contribution in [0.5, 0.6) is 0 Å². The Labute approximate surface area is 134 Å². The fraction of sp³-hybridized carbons (Fsp3) is 0.143. The first-order valence-corrected chi connectivity index (χ1v) is 8.60. The third-order valence-electron chi connectivity index (χ3n) is 2.82. The van der Waals surface area contributed by atoms with Crippen molar-refractivity contribution in [2.45, 2.75) is 0 Å². The molecule has 2 aromatic heterocycles. The van der Waals surface area contributed by atoms with Crippen LogP contribution >= 0.6 is 34.4 Å². The lowest BCUT2D eigenvalue weighted by atomic mass is 10.3. The normalized spacial score (nSPS) is 16.6. The van der Waals surface area contributed by atoms with Crippen LogP contribution < -0.4 is 10.2 Å². The summed E-state index contributed by atoms with van der Waals surface area (Å²) in [6, 6.07) is 8.21. The minimum absolute atomic E-state index is 0.308. The van der Waals surface area contributed by atoms with Gasteiger partial charge in [-0.05, 0) is 42.1 Å². The number of hydrogen-bond acceptors (Lipinski definition) is 6. The van der Waals surface area contributed by atoms with Crippen molar-refractivity contribution >= 4 is 56.7 Å². The highest BCUT2D eigenvalue weighted by atomic mass is 32.2. The van der Waals surface area contributed by atoms with Crippen molar-refractivity contribution < 1.29 is 9.59 Å². The molecule has 21 heavy (non-hydrogen) atoms. The molecule has 3 rings (SSSR count). The number of anilines is 1. The van der Waals surface area contributed by atoms with E-state index in [4.69, 9.17) is 0 Å². The summed E-state index contributed by atoms with van der Waals surface area (Å²) in [7, 11) is 4.04. The monoisotopic (exact) mass is 336 g/mol. The van der Waals surface area contributed by atoms with Crippen LogP contribution in [0, 0.1) is 0 Å². The molecule has 7 heteroatoms. The molecule has 1 N–H and O–H groups in total. The van der Waals surface area contributed by atoms with Gasteiger partial charge in [-0.15, -0.1) is 22.7 Å². The van der Waals surface area contributed by atoms with Crippen LogP contribution in [-0.4, -0.2) is 25.2 Å². The second-order valence-corrected chi connectivity index (χ2v) is 7.78. The van der Waals surface area contributed by atoms with Gasteiger partial charge < -0.3 is 4.90 Å². The summed E-state index contributed by atoms with van der Waals surface area (Å²) in [5.74, 6) is -0.314. The van der Waals surface area contributed by atoms with Gasteiger partial charge in [0, 0.05) is 28.7 Å². The zero-order valence-electron chi connectivity index (χ0n) is 11.4. The summed E-state index contributed by atoms with van der Waals surface area (Å²) in [5, 5.41) is 3.15. The number of hydrogen-bond donors (Lipinski definition) is 1. The third-order valence-corrected chi connectivity index (χ3v) is 6.11. The van der Waals surface area contributed by atoms with Gasteiger partial charge in [-0.3, -0.25) is 14.9 Å². The zero-order valence-corrected chi connectivity index (χ0v) is 13.8. The standard InChI is InChI=1S/C14H12N2O2S3/c1-16(2)12-6-5-10(20-12)9-4-3-8(19-9)7-11-13(17)15-14(18)21-11/h3-7H,1-2H3,(H,15,17,18)/b11-7-. The number of nitrogens with one attached hydrogen (secondary N) is 1. The van der Waals surface area contributed by atoms with Crippen LogP contribution in [0.1, 0.15) is 4.88 Å². The number of imide groups is 1. The maximum atomic E-state index is 11.5. The van der Waals surface area contributed by atoms with Gasteiger partial charge in [0.15, 0.2) is 0 Å². The first-order chi connectivity index (χ1) is 10.0. The molecule has 0 aromatic carbocycles. The molecule has 1 saturated heterocycles. The van der Waals surface area contributed by atoms with Crippen LogP contribution in [-0.2, 0) is 4.79 Å². The summed E-state index contributed by atoms with van der Waals surface area (Å²) < 4.78 is 0. The lowest BCUT2D eigenvalue weighted by Crippen LogP contribution is -2.17. The van der Waals surface area contributed by atoms with Gasteiger partial charge in [0.25, 0.3) is 11.1 Å². The quantitative estimate of drug-likeness (QED) is 0.865. The molecule has 2 amide bonds. The maximum absolute atomic E-state index is 11.5. The van der Waals surface area contributed by atoms with E-state index in [0.717, 1.165) is 21.5 Å². The highest BCUT2D eigenvalue weighted by Crippen LogP contribution is 2.38. The van der Waals surface area contributed by atoms with Crippen molar-refractivity contribution in [1.29, 1.82) is 0 Å². The zero-order chi connectivity index (χ0) is 15.0. The molecule has 0 bridgehead atoms. The van der Waals surface area contributed by atoms with E-state index < -0.39 is 0 Å². The molecule has 0 spiro atoms. The molecule has 3 heterocycles.